The summed E-state index contributed by atoms with van der Waals surface area (Å²) in [5.41, 5.74) is -4.87. The number of carbonyl (C=O) groups is 11. The van der Waals surface area contributed by atoms with Crippen LogP contribution in [0.2, 0.25) is 0 Å². The van der Waals surface area contributed by atoms with E-state index in [1.165, 1.54) is 48.7 Å². The van der Waals surface area contributed by atoms with Gasteiger partial charge >= 0.3 is 12.1 Å². The van der Waals surface area contributed by atoms with Crippen LogP contribution in [0.4, 0.5) is 4.79 Å². The molecule has 0 saturated carbocycles. The molecule has 0 aliphatic carbocycles. The van der Waals surface area contributed by atoms with E-state index in [9.17, 15) is 52.7 Å². The Balaban J connectivity index is 3.33. The van der Waals surface area contributed by atoms with E-state index in [0.29, 0.717) is 6.42 Å². The number of methoxy groups -OCH3 is 1. The van der Waals surface area contributed by atoms with Crippen LogP contribution in [-0.2, 0) is 68.8 Å². The van der Waals surface area contributed by atoms with Gasteiger partial charge in [0.2, 0.25) is 53.2 Å². The summed E-state index contributed by atoms with van der Waals surface area (Å²) in [7, 11) is 1.18. The second kappa shape index (κ2) is 31.4. The highest BCUT2D eigenvalue weighted by atomic mass is 16.6. The number of hydrogen-bond donors (Lipinski definition) is 10. The molecule has 0 fully saturated rings. The molecule has 0 bridgehead atoms. The first kappa shape index (κ1) is 72.2. The third-order valence-electron chi connectivity index (χ3n) is 13.1. The molecule has 0 aromatic heterocycles. The van der Waals surface area contributed by atoms with Gasteiger partial charge in [-0.05, 0) is 104 Å². The number of hydrogen-bond acceptors (Lipinski definition) is 14. The van der Waals surface area contributed by atoms with Crippen molar-refractivity contribution in [3.8, 4) is 0 Å². The van der Waals surface area contributed by atoms with Crippen molar-refractivity contribution in [3.63, 3.8) is 0 Å². The smallest absolute Gasteiger partial charge is 0.408 e. The summed E-state index contributed by atoms with van der Waals surface area (Å²) in [6.45, 7) is 31.5. The second-order valence-electron chi connectivity index (χ2n) is 24.5. The van der Waals surface area contributed by atoms with Crippen LogP contribution in [0.5, 0.6) is 0 Å². The molecule has 1 aromatic rings. The molecule has 0 aliphatic heterocycles. The highest BCUT2D eigenvalue weighted by Gasteiger charge is 2.42. The van der Waals surface area contributed by atoms with E-state index in [0.717, 1.165) is 5.56 Å². The lowest BCUT2D eigenvalue weighted by Crippen LogP contribution is -2.66. The Morgan fingerprint density at radius 1 is 0.469 bits per heavy atom. The first-order valence-corrected chi connectivity index (χ1v) is 27.6. The standard InChI is InChI=1S/C57H96N10O14/c1-22-34(10)42(49(74)66-56(17,18)51(76)63-43(35(11)80-29-36-26-24-23-25-27-36)47(72)60-41(33(8)9)48(73)67-57(19,20)52(77)79-21)61-45(70)39(31(4)5)59-46(71)40(32(6)7)62-50(75)55(15,16)65-37(68)28-58-44(69)38(30(2)3)64-53(78)81-54(12,13)14/h23-27,30-35,38-43H,22,28-29H2,1-21H3,(H,58,69)(H,59,71)(H,60,72)(H,61,70)(H,62,75)(H,63,76)(H,64,78)(H,65,68)(H,66,74)(H,67,73)/t34-,35-,38+,39-,40+,41-,42-,43+/m0/s1. The maximum Gasteiger partial charge on any atom is 0.408 e. The van der Waals surface area contributed by atoms with Gasteiger partial charge in [0.25, 0.3) is 0 Å². The van der Waals surface area contributed by atoms with Crippen molar-refractivity contribution in [1.82, 2.24) is 53.2 Å². The van der Waals surface area contributed by atoms with Gasteiger partial charge in [-0.15, -0.1) is 0 Å². The van der Waals surface area contributed by atoms with Gasteiger partial charge in [-0.1, -0.05) is 106 Å². The molecular weight excluding hydrogens is 1050 g/mol. The van der Waals surface area contributed by atoms with Crippen molar-refractivity contribution in [2.24, 2.45) is 29.6 Å². The fourth-order valence-electron chi connectivity index (χ4n) is 7.80. The first-order valence-electron chi connectivity index (χ1n) is 27.6. The van der Waals surface area contributed by atoms with Crippen molar-refractivity contribution in [1.29, 1.82) is 0 Å². The molecule has 10 N–H and O–H groups in total. The molecule has 10 amide bonds. The Hall–Kier alpha value is -6.85. The summed E-state index contributed by atoms with van der Waals surface area (Å²) < 4.78 is 16.2. The fraction of sp³-hybridized carbons (Fsp3) is 0.702. The lowest BCUT2D eigenvalue weighted by molar-refractivity contribution is -0.150. The molecule has 8 atom stereocenters. The monoisotopic (exact) mass is 1140 g/mol. The average molecular weight is 1150 g/mol. The van der Waals surface area contributed by atoms with Gasteiger partial charge in [-0.25, -0.2) is 9.59 Å². The van der Waals surface area contributed by atoms with Gasteiger partial charge in [0.05, 0.1) is 26.4 Å². The molecule has 0 aliphatic rings. The minimum absolute atomic E-state index is 0.0468. The van der Waals surface area contributed by atoms with Gasteiger partial charge in [0.1, 0.15) is 58.5 Å². The Morgan fingerprint density at radius 2 is 0.864 bits per heavy atom. The van der Waals surface area contributed by atoms with Crippen LogP contribution in [0.15, 0.2) is 30.3 Å². The van der Waals surface area contributed by atoms with Crippen LogP contribution in [0.25, 0.3) is 0 Å². The SMILES string of the molecule is CC[C@H](C)[C@H](NC(=O)[C@@H](NC(=O)[C@H](NC(=O)C(C)(C)NC(=O)CNC(=O)[C@H](NC(=O)OC(C)(C)C)C(C)C)C(C)C)C(C)C)C(=O)NC(C)(C)C(=O)N[C@@H](C(=O)N[C@H](C(=O)NC(C)(C)C(=O)OC)C(C)C)[C@H](C)OCc1ccccc1. The van der Waals surface area contributed by atoms with Crippen LogP contribution in [0, 0.1) is 29.6 Å². The van der Waals surface area contributed by atoms with Crippen LogP contribution in [0.1, 0.15) is 150 Å². The molecule has 1 aromatic carbocycles. The van der Waals surface area contributed by atoms with Crippen LogP contribution < -0.4 is 53.2 Å². The van der Waals surface area contributed by atoms with Crippen molar-refractivity contribution in [3.05, 3.63) is 35.9 Å². The van der Waals surface area contributed by atoms with E-state index in [1.54, 1.807) is 96.9 Å². The van der Waals surface area contributed by atoms with E-state index in [4.69, 9.17) is 14.2 Å². The Kier molecular flexibility index (Phi) is 28.0. The summed E-state index contributed by atoms with van der Waals surface area (Å²) >= 11 is 0. The lowest BCUT2D eigenvalue weighted by atomic mass is 9.94. The van der Waals surface area contributed by atoms with Crippen molar-refractivity contribution in [2.45, 2.75) is 216 Å². The van der Waals surface area contributed by atoms with E-state index >= 15 is 0 Å². The first-order chi connectivity index (χ1) is 37.1. The van der Waals surface area contributed by atoms with E-state index in [2.05, 4.69) is 53.2 Å². The van der Waals surface area contributed by atoms with Gasteiger partial charge < -0.3 is 67.4 Å². The van der Waals surface area contributed by atoms with Gasteiger partial charge in [0, 0.05) is 0 Å². The topological polar surface area (TPSA) is 336 Å². The largest absolute Gasteiger partial charge is 0.467 e. The van der Waals surface area contributed by atoms with Gasteiger partial charge in [-0.2, -0.15) is 0 Å². The number of amides is 10. The van der Waals surface area contributed by atoms with Crippen LogP contribution in [0.3, 0.4) is 0 Å². The summed E-state index contributed by atoms with van der Waals surface area (Å²) in [5, 5.41) is 26.4. The zero-order valence-electron chi connectivity index (χ0n) is 51.7. The van der Waals surface area contributed by atoms with Crippen molar-refractivity contribution < 1.29 is 67.0 Å². The normalized spacial score (nSPS) is 15.0. The maximum atomic E-state index is 14.3. The Labute approximate surface area is 479 Å². The second-order valence-corrected chi connectivity index (χ2v) is 24.5. The fourth-order valence-corrected chi connectivity index (χ4v) is 7.80. The summed E-state index contributed by atoms with van der Waals surface area (Å²) in [6, 6.07) is 1.67. The molecule has 0 unspecified atom stereocenters. The van der Waals surface area contributed by atoms with Crippen molar-refractivity contribution in [2.75, 3.05) is 13.7 Å². The molecule has 24 nitrogen and oxygen atoms in total. The summed E-state index contributed by atoms with van der Waals surface area (Å²) in [6.07, 6.45) is -1.44. The maximum absolute atomic E-state index is 14.3. The molecule has 24 heteroatoms. The van der Waals surface area contributed by atoms with Gasteiger partial charge in [-0.3, -0.25) is 43.2 Å². The number of esters is 1. The van der Waals surface area contributed by atoms with E-state index in [1.807, 2.05) is 30.3 Å². The summed E-state index contributed by atoms with van der Waals surface area (Å²) in [4.78, 5) is 149. The zero-order valence-corrected chi connectivity index (χ0v) is 51.7. The quantitative estimate of drug-likeness (QED) is 0.0496. The number of rotatable bonds is 30. The Bertz CT molecular complexity index is 2350. The third kappa shape index (κ3) is 23.6. The minimum atomic E-state index is -1.75. The molecule has 81 heavy (non-hydrogen) atoms. The molecule has 458 valence electrons. The molecule has 0 heterocycles. The van der Waals surface area contributed by atoms with Gasteiger partial charge in [0.15, 0.2) is 0 Å². The predicted octanol–water partition coefficient (Wildman–Crippen LogP) is 2.55. The van der Waals surface area contributed by atoms with E-state index < -0.39 is 160 Å². The van der Waals surface area contributed by atoms with Crippen molar-refractivity contribution >= 4 is 65.2 Å². The molecule has 0 spiro atoms. The zero-order chi connectivity index (χ0) is 62.7. The lowest BCUT2D eigenvalue weighted by Gasteiger charge is -2.34. The molecule has 0 saturated heterocycles. The summed E-state index contributed by atoms with van der Waals surface area (Å²) in [5.74, 6) is -9.97. The third-order valence-corrected chi connectivity index (χ3v) is 13.1. The van der Waals surface area contributed by atoms with Crippen LogP contribution >= 0.6 is 0 Å². The highest BCUT2D eigenvalue weighted by molar-refractivity contribution is 6.00. The highest BCUT2D eigenvalue weighted by Crippen LogP contribution is 2.17. The predicted molar refractivity (Wildman–Crippen MR) is 304 cm³/mol. The number of benzene rings is 1. The van der Waals surface area contributed by atoms with E-state index in [-0.39, 0.29) is 12.5 Å². The average Bonchev–Trinajstić information content (AvgIpc) is 3.35. The number of ether oxygens (including phenoxy) is 3. The minimum Gasteiger partial charge on any atom is -0.467 e. The number of carbonyl (C=O) groups excluding carboxylic acids is 11. The molecule has 0 radical (unpaired) electrons. The molecular formula is C57H96N10O14. The molecule has 1 rings (SSSR count). The Morgan fingerprint density at radius 3 is 1.32 bits per heavy atom. The number of alkyl carbamates (subject to hydrolysis) is 1. The number of nitrogens with one attached hydrogen (secondary N) is 10. The van der Waals surface area contributed by atoms with Crippen LogP contribution in [-0.4, -0.2) is 143 Å².